The number of imidazole rings is 1. The van der Waals surface area contributed by atoms with E-state index >= 15 is 0 Å². The van der Waals surface area contributed by atoms with Gasteiger partial charge < -0.3 is 24.7 Å². The zero-order valence-corrected chi connectivity index (χ0v) is 16.8. The van der Waals surface area contributed by atoms with Crippen molar-refractivity contribution in [2.24, 2.45) is 5.73 Å². The highest BCUT2D eigenvalue weighted by molar-refractivity contribution is 5.96. The molecule has 2 aliphatic heterocycles. The second kappa shape index (κ2) is 7.87. The van der Waals surface area contributed by atoms with Gasteiger partial charge in [0.05, 0.1) is 17.4 Å². The second-order valence-electron chi connectivity index (χ2n) is 7.66. The molecule has 30 heavy (non-hydrogen) atoms. The van der Waals surface area contributed by atoms with Gasteiger partial charge in [0.15, 0.2) is 11.5 Å². The molecule has 2 aliphatic rings. The number of aromatic nitrogens is 2. The number of benzene rings is 2. The number of primary amides is 1. The fourth-order valence-corrected chi connectivity index (χ4v) is 4.10. The van der Waals surface area contributed by atoms with Gasteiger partial charge in [-0.25, -0.2) is 4.98 Å². The fraction of sp³-hybridized carbons (Fsp3) is 0.364. The third-order valence-electron chi connectivity index (χ3n) is 5.83. The number of fused-ring (bicyclic) bond motifs is 2. The first-order chi connectivity index (χ1) is 14.7. The first kappa shape index (κ1) is 18.7. The Morgan fingerprint density at radius 3 is 2.57 bits per heavy atom. The summed E-state index contributed by atoms with van der Waals surface area (Å²) in [7, 11) is 0. The maximum absolute atomic E-state index is 11.3. The molecule has 0 radical (unpaired) electrons. The molecule has 0 saturated carbocycles. The third kappa shape index (κ3) is 3.66. The van der Waals surface area contributed by atoms with Crippen LogP contribution in [0.25, 0.3) is 11.0 Å². The van der Waals surface area contributed by atoms with Crippen LogP contribution in [0.3, 0.4) is 0 Å². The summed E-state index contributed by atoms with van der Waals surface area (Å²) in [6, 6.07) is 11.6. The molecule has 0 aliphatic carbocycles. The van der Waals surface area contributed by atoms with Gasteiger partial charge >= 0.3 is 0 Å². The highest BCUT2D eigenvalue weighted by Crippen LogP contribution is 2.34. The summed E-state index contributed by atoms with van der Waals surface area (Å²) in [5.41, 5.74) is 8.85. The lowest BCUT2D eigenvalue weighted by Gasteiger charge is -2.36. The van der Waals surface area contributed by atoms with E-state index in [0.717, 1.165) is 61.8 Å². The Balaban J connectivity index is 1.18. The molecule has 0 spiro atoms. The number of anilines is 1. The van der Waals surface area contributed by atoms with Crippen molar-refractivity contribution in [3.8, 4) is 11.5 Å². The van der Waals surface area contributed by atoms with Gasteiger partial charge in [-0.3, -0.25) is 9.69 Å². The molecular formula is C22H25N5O3. The van der Waals surface area contributed by atoms with Crippen molar-refractivity contribution in [2.45, 2.75) is 6.54 Å². The zero-order chi connectivity index (χ0) is 20.5. The van der Waals surface area contributed by atoms with Crippen LogP contribution in [0.2, 0.25) is 0 Å². The lowest BCUT2D eigenvalue weighted by atomic mass is 10.2. The first-order valence-electron chi connectivity index (χ1n) is 10.3. The number of hydrogen-bond donors (Lipinski definition) is 1. The second-order valence-corrected chi connectivity index (χ2v) is 7.66. The summed E-state index contributed by atoms with van der Waals surface area (Å²) in [5.74, 6) is 1.24. The number of nitrogens with zero attached hydrogens (tertiary/aromatic N) is 4. The molecule has 5 rings (SSSR count). The van der Waals surface area contributed by atoms with Crippen molar-refractivity contribution in [3.63, 3.8) is 0 Å². The van der Waals surface area contributed by atoms with Crippen LogP contribution in [0.15, 0.2) is 42.7 Å². The quantitative estimate of drug-likeness (QED) is 0.693. The minimum atomic E-state index is -0.428. The van der Waals surface area contributed by atoms with Crippen LogP contribution in [0.5, 0.6) is 11.5 Å². The average molecular weight is 407 g/mol. The van der Waals surface area contributed by atoms with Gasteiger partial charge in [-0.05, 0) is 30.3 Å². The smallest absolute Gasteiger partial charge is 0.248 e. The van der Waals surface area contributed by atoms with Gasteiger partial charge in [-0.1, -0.05) is 0 Å². The van der Waals surface area contributed by atoms with Crippen molar-refractivity contribution in [2.75, 3.05) is 50.8 Å². The van der Waals surface area contributed by atoms with Gasteiger partial charge in [0.1, 0.15) is 13.2 Å². The standard InChI is InChI=1S/C22H25N5O3/c23-22(28)16-1-3-19-18(13-16)24-15-27(19)10-7-25-5-8-26(9-6-25)17-2-4-20-21(14-17)30-12-11-29-20/h1-4,13-15H,5-12H2,(H2,23,28). The SMILES string of the molecule is NC(=O)c1ccc2c(c1)ncn2CCN1CCN(c2ccc3c(c2)OCCO3)CC1. The molecular weight excluding hydrogens is 382 g/mol. The van der Waals surface area contributed by atoms with E-state index in [1.54, 1.807) is 12.1 Å². The Kier molecular flexibility index (Phi) is 4.92. The first-order valence-corrected chi connectivity index (χ1v) is 10.3. The van der Waals surface area contributed by atoms with Crippen LogP contribution < -0.4 is 20.1 Å². The molecule has 0 unspecified atom stereocenters. The van der Waals surface area contributed by atoms with Gasteiger partial charge in [-0.2, -0.15) is 0 Å². The van der Waals surface area contributed by atoms with E-state index < -0.39 is 5.91 Å². The van der Waals surface area contributed by atoms with Crippen LogP contribution in [-0.4, -0.2) is 66.3 Å². The van der Waals surface area contributed by atoms with E-state index in [4.69, 9.17) is 15.2 Å². The summed E-state index contributed by atoms with van der Waals surface area (Å²) >= 11 is 0. The molecule has 8 heteroatoms. The Morgan fingerprint density at radius 2 is 1.77 bits per heavy atom. The van der Waals surface area contributed by atoms with Crippen molar-refractivity contribution in [3.05, 3.63) is 48.3 Å². The highest BCUT2D eigenvalue weighted by atomic mass is 16.6. The molecule has 3 aromatic rings. The number of piperazine rings is 1. The van der Waals surface area contributed by atoms with Crippen LogP contribution in [0, 0.1) is 0 Å². The number of amides is 1. The summed E-state index contributed by atoms with van der Waals surface area (Å²) in [6.07, 6.45) is 1.83. The van der Waals surface area contributed by atoms with E-state index in [9.17, 15) is 4.79 Å². The van der Waals surface area contributed by atoms with Crippen molar-refractivity contribution < 1.29 is 14.3 Å². The topological polar surface area (TPSA) is 85.9 Å². The number of carbonyl (C=O) groups excluding carboxylic acids is 1. The maximum Gasteiger partial charge on any atom is 0.248 e. The predicted molar refractivity (Wildman–Crippen MR) is 114 cm³/mol. The van der Waals surface area contributed by atoms with E-state index in [2.05, 4.69) is 31.5 Å². The molecule has 0 atom stereocenters. The van der Waals surface area contributed by atoms with E-state index in [1.807, 2.05) is 18.5 Å². The number of nitrogens with two attached hydrogens (primary N) is 1. The van der Waals surface area contributed by atoms with Gasteiger partial charge in [0, 0.05) is 56.6 Å². The lowest BCUT2D eigenvalue weighted by molar-refractivity contribution is 0.100. The third-order valence-corrected chi connectivity index (χ3v) is 5.83. The largest absolute Gasteiger partial charge is 0.486 e. The predicted octanol–water partition coefficient (Wildman–Crippen LogP) is 1.73. The molecule has 2 N–H and O–H groups in total. The van der Waals surface area contributed by atoms with Crippen molar-refractivity contribution in [1.29, 1.82) is 0 Å². The van der Waals surface area contributed by atoms with Crippen molar-refractivity contribution >= 4 is 22.6 Å². The Hall–Kier alpha value is -3.26. The van der Waals surface area contributed by atoms with Gasteiger partial charge in [-0.15, -0.1) is 0 Å². The van der Waals surface area contributed by atoms with E-state index in [0.29, 0.717) is 18.8 Å². The Morgan fingerprint density at radius 1 is 0.967 bits per heavy atom. The lowest BCUT2D eigenvalue weighted by Crippen LogP contribution is -2.47. The normalized spacial score (nSPS) is 16.7. The Labute approximate surface area is 174 Å². The summed E-state index contributed by atoms with van der Waals surface area (Å²) in [4.78, 5) is 20.6. The molecule has 1 fully saturated rings. The minimum Gasteiger partial charge on any atom is -0.486 e. The average Bonchev–Trinajstić information content (AvgIpc) is 3.20. The molecule has 1 amide bonds. The Bertz CT molecular complexity index is 1070. The van der Waals surface area contributed by atoms with Crippen LogP contribution in [0.1, 0.15) is 10.4 Å². The van der Waals surface area contributed by atoms with Crippen LogP contribution >= 0.6 is 0 Å². The summed E-state index contributed by atoms with van der Waals surface area (Å²) in [5, 5.41) is 0. The number of ether oxygens (including phenoxy) is 2. The van der Waals surface area contributed by atoms with Gasteiger partial charge in [0.25, 0.3) is 0 Å². The summed E-state index contributed by atoms with van der Waals surface area (Å²) in [6.45, 7) is 7.01. The minimum absolute atomic E-state index is 0.428. The summed E-state index contributed by atoms with van der Waals surface area (Å²) < 4.78 is 13.5. The van der Waals surface area contributed by atoms with E-state index in [-0.39, 0.29) is 0 Å². The van der Waals surface area contributed by atoms with Crippen molar-refractivity contribution in [1.82, 2.24) is 14.5 Å². The fourth-order valence-electron chi connectivity index (χ4n) is 4.10. The highest BCUT2D eigenvalue weighted by Gasteiger charge is 2.20. The molecule has 8 nitrogen and oxygen atoms in total. The molecule has 1 saturated heterocycles. The molecule has 1 aromatic heterocycles. The number of rotatable bonds is 5. The molecule has 2 aromatic carbocycles. The van der Waals surface area contributed by atoms with Crippen LogP contribution in [-0.2, 0) is 6.54 Å². The van der Waals surface area contributed by atoms with E-state index in [1.165, 1.54) is 5.69 Å². The van der Waals surface area contributed by atoms with Crippen LogP contribution in [0.4, 0.5) is 5.69 Å². The zero-order valence-electron chi connectivity index (χ0n) is 16.8. The number of hydrogen-bond acceptors (Lipinski definition) is 6. The molecule has 0 bridgehead atoms. The number of carbonyl (C=O) groups is 1. The molecule has 3 heterocycles. The maximum atomic E-state index is 11.3. The van der Waals surface area contributed by atoms with Gasteiger partial charge in [0.2, 0.25) is 5.91 Å². The monoisotopic (exact) mass is 407 g/mol. The molecule has 156 valence electrons.